The molecular formula is C51H35N3. The summed E-state index contributed by atoms with van der Waals surface area (Å²) in [6.45, 7) is 0.843. The third kappa shape index (κ3) is 5.86. The molecule has 3 nitrogen and oxygen atoms in total. The lowest BCUT2D eigenvalue weighted by Crippen LogP contribution is -1.98. The van der Waals surface area contributed by atoms with Crippen LogP contribution < -0.4 is 0 Å². The number of hydrogen-bond acceptors (Lipinski definition) is 3. The lowest BCUT2D eigenvalue weighted by molar-refractivity contribution is 1.01. The van der Waals surface area contributed by atoms with E-state index in [1.165, 1.54) is 37.9 Å². The van der Waals surface area contributed by atoms with E-state index in [1.54, 1.807) is 0 Å². The molecule has 9 aromatic rings. The van der Waals surface area contributed by atoms with E-state index in [0.717, 1.165) is 68.9 Å². The van der Waals surface area contributed by atoms with Crippen molar-refractivity contribution in [2.75, 3.05) is 6.54 Å². The fourth-order valence-corrected chi connectivity index (χ4v) is 7.85. The van der Waals surface area contributed by atoms with Gasteiger partial charge in [-0.05, 0) is 102 Å². The largest absolute Gasteiger partial charge is 0.292 e. The van der Waals surface area contributed by atoms with Gasteiger partial charge in [-0.1, -0.05) is 152 Å². The number of dihydropyridines is 1. The third-order valence-electron chi connectivity index (χ3n) is 10.5. The van der Waals surface area contributed by atoms with E-state index in [9.17, 15) is 0 Å². The lowest BCUT2D eigenvalue weighted by atomic mass is 9.92. The predicted octanol–water partition coefficient (Wildman–Crippen LogP) is 13.1. The van der Waals surface area contributed by atoms with Crippen LogP contribution in [0.5, 0.6) is 0 Å². The van der Waals surface area contributed by atoms with Crippen molar-refractivity contribution in [3.63, 3.8) is 0 Å². The first kappa shape index (κ1) is 31.7. The summed E-state index contributed by atoms with van der Waals surface area (Å²) in [4.78, 5) is 15.1. The van der Waals surface area contributed by atoms with Crippen molar-refractivity contribution in [2.24, 2.45) is 4.99 Å². The number of rotatable bonds is 6. The molecule has 2 heterocycles. The van der Waals surface area contributed by atoms with Gasteiger partial charge in [0.05, 0.1) is 11.4 Å². The highest BCUT2D eigenvalue weighted by molar-refractivity contribution is 6.25. The van der Waals surface area contributed by atoms with Crippen molar-refractivity contribution in [3.05, 3.63) is 188 Å². The summed E-state index contributed by atoms with van der Waals surface area (Å²) in [7, 11) is 0. The van der Waals surface area contributed by atoms with Crippen molar-refractivity contribution >= 4 is 44.1 Å². The summed E-state index contributed by atoms with van der Waals surface area (Å²) in [5.74, 6) is 0.690. The molecule has 0 bridgehead atoms. The normalized spacial score (nSPS) is 12.7. The van der Waals surface area contributed by atoms with Crippen LogP contribution >= 0.6 is 0 Å². The first-order chi connectivity index (χ1) is 26.7. The van der Waals surface area contributed by atoms with Gasteiger partial charge in [0, 0.05) is 29.4 Å². The van der Waals surface area contributed by atoms with Crippen LogP contribution in [0.1, 0.15) is 12.0 Å². The highest BCUT2D eigenvalue weighted by Gasteiger charge is 2.15. The molecule has 0 unspecified atom stereocenters. The van der Waals surface area contributed by atoms with Gasteiger partial charge in [-0.25, -0.2) is 9.97 Å². The molecule has 8 aromatic carbocycles. The van der Waals surface area contributed by atoms with E-state index < -0.39 is 0 Å². The maximum Gasteiger partial charge on any atom is 0.160 e. The monoisotopic (exact) mass is 689 g/mol. The highest BCUT2D eigenvalue weighted by atomic mass is 14.9. The minimum absolute atomic E-state index is 0.690. The number of hydrogen-bond donors (Lipinski definition) is 0. The fourth-order valence-electron chi connectivity index (χ4n) is 7.85. The van der Waals surface area contributed by atoms with Crippen LogP contribution in [0.2, 0.25) is 0 Å². The van der Waals surface area contributed by atoms with Gasteiger partial charge in [0.2, 0.25) is 0 Å². The van der Waals surface area contributed by atoms with Gasteiger partial charge < -0.3 is 0 Å². The Bertz CT molecular complexity index is 2900. The molecule has 0 saturated carbocycles. The molecule has 0 amide bonds. The lowest BCUT2D eigenvalue weighted by Gasteiger charge is -2.14. The zero-order chi connectivity index (χ0) is 35.8. The van der Waals surface area contributed by atoms with Crippen LogP contribution in [0.25, 0.3) is 94.0 Å². The smallest absolute Gasteiger partial charge is 0.160 e. The summed E-state index contributed by atoms with van der Waals surface area (Å²) < 4.78 is 0. The summed E-state index contributed by atoms with van der Waals surface area (Å²) in [6, 6.07) is 62.9. The molecular weight excluding hydrogens is 655 g/mol. The van der Waals surface area contributed by atoms with Crippen LogP contribution in [0.15, 0.2) is 187 Å². The average molecular weight is 690 g/mol. The van der Waals surface area contributed by atoms with E-state index in [2.05, 4.69) is 187 Å². The standard InChI is InChI=1S/C51H35N3/c1-2-12-34(13-3-1)35-14-8-17-39(28-35)49-32-50(40-18-9-16-37(29-40)42-20-11-27-52-33-42)54-51(53-49)41-19-10-15-36(30-41)38-25-26-47-45-23-5-4-21-43(45)44-22-6-7-24-46(44)48(47)31-38/h1-10,12-26,28-33H,11,27H2. The molecule has 1 aliphatic heterocycles. The van der Waals surface area contributed by atoms with E-state index in [-0.39, 0.29) is 0 Å². The number of allylic oxidation sites excluding steroid dienone is 1. The number of aliphatic imine (C=N–C) groups is 1. The topological polar surface area (TPSA) is 38.1 Å². The van der Waals surface area contributed by atoms with Gasteiger partial charge in [-0.3, -0.25) is 4.99 Å². The Hall–Kier alpha value is -6.97. The first-order valence-electron chi connectivity index (χ1n) is 18.5. The Morgan fingerprint density at radius 2 is 0.815 bits per heavy atom. The minimum atomic E-state index is 0.690. The minimum Gasteiger partial charge on any atom is -0.292 e. The van der Waals surface area contributed by atoms with Gasteiger partial charge in [0.15, 0.2) is 5.82 Å². The molecule has 254 valence electrons. The number of benzene rings is 8. The SMILES string of the molecule is C1=NCCC=C1c1cccc(-c2cc(-c3cccc(-c4ccccc4)c3)nc(-c3cccc(-c4ccc5c6ccccc6c6ccccc6c5c4)c3)n2)c1. The molecule has 0 spiro atoms. The number of nitrogens with zero attached hydrogens (tertiary/aromatic N) is 3. The van der Waals surface area contributed by atoms with E-state index in [4.69, 9.17) is 9.97 Å². The average Bonchev–Trinajstić information content (AvgIpc) is 3.27. The van der Waals surface area contributed by atoms with Gasteiger partial charge >= 0.3 is 0 Å². The molecule has 0 fully saturated rings. The molecule has 54 heavy (non-hydrogen) atoms. The van der Waals surface area contributed by atoms with Crippen molar-refractivity contribution in [2.45, 2.75) is 6.42 Å². The Morgan fingerprint density at radius 3 is 1.46 bits per heavy atom. The molecule has 1 aromatic heterocycles. The van der Waals surface area contributed by atoms with Crippen LogP contribution in [0.4, 0.5) is 0 Å². The first-order valence-corrected chi connectivity index (χ1v) is 18.5. The number of fused-ring (bicyclic) bond motifs is 6. The van der Waals surface area contributed by atoms with E-state index in [0.29, 0.717) is 5.82 Å². The summed E-state index contributed by atoms with van der Waals surface area (Å²) in [6.07, 6.45) is 5.20. The number of aromatic nitrogens is 2. The van der Waals surface area contributed by atoms with Crippen molar-refractivity contribution in [1.82, 2.24) is 9.97 Å². The van der Waals surface area contributed by atoms with E-state index in [1.807, 2.05) is 6.21 Å². The second-order valence-corrected chi connectivity index (χ2v) is 13.9. The maximum absolute atomic E-state index is 5.26. The quantitative estimate of drug-likeness (QED) is 0.163. The van der Waals surface area contributed by atoms with E-state index >= 15 is 0 Å². The van der Waals surface area contributed by atoms with Crippen LogP contribution in [-0.2, 0) is 0 Å². The highest BCUT2D eigenvalue weighted by Crippen LogP contribution is 2.38. The molecule has 0 N–H and O–H groups in total. The molecule has 10 rings (SSSR count). The Balaban J connectivity index is 1.12. The zero-order valence-electron chi connectivity index (χ0n) is 29.7. The summed E-state index contributed by atoms with van der Waals surface area (Å²) in [5.41, 5.74) is 11.7. The fraction of sp³-hybridized carbons (Fsp3) is 0.0392. The molecule has 0 aliphatic carbocycles. The van der Waals surface area contributed by atoms with Crippen molar-refractivity contribution < 1.29 is 0 Å². The molecule has 1 aliphatic rings. The van der Waals surface area contributed by atoms with Crippen molar-refractivity contribution in [1.29, 1.82) is 0 Å². The van der Waals surface area contributed by atoms with Gasteiger partial charge in [0.25, 0.3) is 0 Å². The van der Waals surface area contributed by atoms with Crippen LogP contribution in [0.3, 0.4) is 0 Å². The molecule has 0 saturated heterocycles. The molecule has 3 heteroatoms. The maximum atomic E-state index is 5.26. The summed E-state index contributed by atoms with van der Waals surface area (Å²) >= 11 is 0. The Kier molecular flexibility index (Phi) is 7.96. The van der Waals surface area contributed by atoms with Gasteiger partial charge in [-0.2, -0.15) is 0 Å². The second-order valence-electron chi connectivity index (χ2n) is 13.9. The van der Waals surface area contributed by atoms with Gasteiger partial charge in [-0.15, -0.1) is 0 Å². The van der Waals surface area contributed by atoms with Crippen LogP contribution in [-0.4, -0.2) is 22.7 Å². The summed E-state index contributed by atoms with van der Waals surface area (Å²) in [5, 5.41) is 7.62. The molecule has 0 atom stereocenters. The van der Waals surface area contributed by atoms with Crippen LogP contribution in [0, 0.1) is 0 Å². The predicted molar refractivity (Wildman–Crippen MR) is 228 cm³/mol. The Labute approximate surface area is 314 Å². The molecule has 0 radical (unpaired) electrons. The second kappa shape index (κ2) is 13.5. The zero-order valence-corrected chi connectivity index (χ0v) is 29.7. The third-order valence-corrected chi connectivity index (χ3v) is 10.5. The van der Waals surface area contributed by atoms with Gasteiger partial charge in [0.1, 0.15) is 0 Å². The Morgan fingerprint density at radius 1 is 0.333 bits per heavy atom. The van der Waals surface area contributed by atoms with Crippen molar-refractivity contribution in [3.8, 4) is 56.2 Å².